The third-order valence-corrected chi connectivity index (χ3v) is 1.97. The van der Waals surface area contributed by atoms with E-state index in [0.717, 1.165) is 6.42 Å². The maximum atomic E-state index is 4.99. The maximum absolute atomic E-state index is 4.99. The molecule has 1 atom stereocenters. The molecule has 3 nitrogen and oxygen atoms in total. The summed E-state index contributed by atoms with van der Waals surface area (Å²) in [5.74, 6) is 0. The van der Waals surface area contributed by atoms with E-state index in [9.17, 15) is 0 Å². The van der Waals surface area contributed by atoms with Crippen LogP contribution in [0.4, 0.5) is 0 Å². The van der Waals surface area contributed by atoms with E-state index in [1.165, 1.54) is 5.56 Å². The first-order chi connectivity index (χ1) is 5.38. The van der Waals surface area contributed by atoms with Crippen LogP contribution in [-0.2, 0) is 0 Å². The van der Waals surface area contributed by atoms with Crippen molar-refractivity contribution >= 4 is 6.21 Å². The summed E-state index contributed by atoms with van der Waals surface area (Å²) in [5, 5.41) is 6.09. The predicted octanol–water partition coefficient (Wildman–Crippen LogP) is 1.64. The zero-order chi connectivity index (χ0) is 7.68. The molecule has 0 amide bonds. The van der Waals surface area contributed by atoms with Crippen molar-refractivity contribution in [1.82, 2.24) is 5.01 Å². The number of hydrazone groups is 1. The summed E-state index contributed by atoms with van der Waals surface area (Å²) in [6, 6.07) is 2.37. The van der Waals surface area contributed by atoms with Crippen LogP contribution in [0.3, 0.4) is 0 Å². The molecule has 1 unspecified atom stereocenters. The van der Waals surface area contributed by atoms with Crippen molar-refractivity contribution in [2.45, 2.75) is 12.5 Å². The summed E-state index contributed by atoms with van der Waals surface area (Å²) in [7, 11) is 1.97. The Bertz CT molecular complexity index is 253. The molecule has 58 valence electrons. The minimum Gasteiger partial charge on any atom is -0.472 e. The van der Waals surface area contributed by atoms with Gasteiger partial charge in [-0.05, 0) is 6.07 Å². The highest BCUT2D eigenvalue weighted by Gasteiger charge is 2.19. The third kappa shape index (κ3) is 1.02. The molecule has 1 aromatic heterocycles. The molecule has 0 radical (unpaired) electrons. The van der Waals surface area contributed by atoms with Gasteiger partial charge in [0.25, 0.3) is 0 Å². The summed E-state index contributed by atoms with van der Waals surface area (Å²) in [6.07, 6.45) is 6.38. The molecule has 0 N–H and O–H groups in total. The second kappa shape index (κ2) is 2.42. The van der Waals surface area contributed by atoms with Crippen LogP contribution in [-0.4, -0.2) is 18.3 Å². The molecular formula is C8H10N2O. The van der Waals surface area contributed by atoms with Crippen LogP contribution in [0.25, 0.3) is 0 Å². The van der Waals surface area contributed by atoms with Crippen LogP contribution in [0.15, 0.2) is 28.1 Å². The van der Waals surface area contributed by atoms with Crippen molar-refractivity contribution in [2.75, 3.05) is 7.05 Å². The van der Waals surface area contributed by atoms with Crippen LogP contribution in [0.1, 0.15) is 18.0 Å². The summed E-state index contributed by atoms with van der Waals surface area (Å²) in [4.78, 5) is 0. The Hall–Kier alpha value is -1.25. The van der Waals surface area contributed by atoms with E-state index >= 15 is 0 Å². The van der Waals surface area contributed by atoms with Gasteiger partial charge in [0.15, 0.2) is 0 Å². The van der Waals surface area contributed by atoms with Gasteiger partial charge in [-0.15, -0.1) is 0 Å². The van der Waals surface area contributed by atoms with Crippen LogP contribution in [0.5, 0.6) is 0 Å². The van der Waals surface area contributed by atoms with Gasteiger partial charge in [0.2, 0.25) is 0 Å². The summed E-state index contributed by atoms with van der Waals surface area (Å²) in [6.45, 7) is 0. The first kappa shape index (κ1) is 6.46. The van der Waals surface area contributed by atoms with Crippen LogP contribution in [0.2, 0.25) is 0 Å². The van der Waals surface area contributed by atoms with Crippen LogP contribution in [0, 0.1) is 0 Å². The summed E-state index contributed by atoms with van der Waals surface area (Å²) < 4.78 is 4.99. The smallest absolute Gasteiger partial charge is 0.0956 e. The standard InChI is InChI=1S/C8H10N2O/c1-10-8(2-4-9-10)7-3-5-11-6-7/h3-6,8H,2H2,1H3. The monoisotopic (exact) mass is 150 g/mol. The summed E-state index contributed by atoms with van der Waals surface area (Å²) >= 11 is 0. The normalized spacial score (nSPS) is 23.0. The molecule has 1 aromatic rings. The summed E-state index contributed by atoms with van der Waals surface area (Å²) in [5.41, 5.74) is 1.20. The molecular weight excluding hydrogens is 140 g/mol. The minimum atomic E-state index is 0.383. The minimum absolute atomic E-state index is 0.383. The number of hydrogen-bond acceptors (Lipinski definition) is 3. The van der Waals surface area contributed by atoms with Gasteiger partial charge in [-0.3, -0.25) is 5.01 Å². The number of nitrogens with zero attached hydrogens (tertiary/aromatic N) is 2. The quantitative estimate of drug-likeness (QED) is 0.609. The average Bonchev–Trinajstić information content (AvgIpc) is 2.55. The largest absolute Gasteiger partial charge is 0.472 e. The van der Waals surface area contributed by atoms with Crippen molar-refractivity contribution in [1.29, 1.82) is 0 Å². The Morgan fingerprint density at radius 2 is 2.64 bits per heavy atom. The van der Waals surface area contributed by atoms with Crippen LogP contribution >= 0.6 is 0 Å². The lowest BCUT2D eigenvalue weighted by atomic mass is 10.1. The molecule has 0 aromatic carbocycles. The Labute approximate surface area is 65.3 Å². The van der Waals surface area contributed by atoms with E-state index in [0.29, 0.717) is 6.04 Å². The zero-order valence-electron chi connectivity index (χ0n) is 6.40. The van der Waals surface area contributed by atoms with E-state index in [-0.39, 0.29) is 0 Å². The molecule has 0 saturated carbocycles. The number of rotatable bonds is 1. The fourth-order valence-corrected chi connectivity index (χ4v) is 1.33. The topological polar surface area (TPSA) is 28.7 Å². The highest BCUT2D eigenvalue weighted by Crippen LogP contribution is 2.25. The van der Waals surface area contributed by atoms with Crippen LogP contribution < -0.4 is 0 Å². The molecule has 2 heterocycles. The molecule has 0 fully saturated rings. The van der Waals surface area contributed by atoms with E-state index in [4.69, 9.17) is 4.42 Å². The van der Waals surface area contributed by atoms with Gasteiger partial charge >= 0.3 is 0 Å². The first-order valence-electron chi connectivity index (χ1n) is 3.65. The number of hydrogen-bond donors (Lipinski definition) is 0. The molecule has 0 aliphatic carbocycles. The van der Waals surface area contributed by atoms with Gasteiger partial charge in [-0.2, -0.15) is 5.10 Å². The molecule has 0 spiro atoms. The molecule has 3 heteroatoms. The van der Waals surface area contributed by atoms with Crippen molar-refractivity contribution in [2.24, 2.45) is 5.10 Å². The first-order valence-corrected chi connectivity index (χ1v) is 3.65. The highest BCUT2D eigenvalue weighted by atomic mass is 16.3. The SMILES string of the molecule is CN1N=CCC1c1ccoc1. The fraction of sp³-hybridized carbons (Fsp3) is 0.375. The van der Waals surface area contributed by atoms with Gasteiger partial charge < -0.3 is 4.42 Å². The fourth-order valence-electron chi connectivity index (χ4n) is 1.33. The second-order valence-electron chi connectivity index (χ2n) is 2.68. The van der Waals surface area contributed by atoms with Gasteiger partial charge in [0.1, 0.15) is 0 Å². The van der Waals surface area contributed by atoms with E-state index in [2.05, 4.69) is 5.10 Å². The predicted molar refractivity (Wildman–Crippen MR) is 42.3 cm³/mol. The van der Waals surface area contributed by atoms with Gasteiger partial charge in [-0.25, -0.2) is 0 Å². The number of furan rings is 1. The van der Waals surface area contributed by atoms with Crippen molar-refractivity contribution < 1.29 is 4.42 Å². The van der Waals surface area contributed by atoms with Crippen molar-refractivity contribution in [3.05, 3.63) is 24.2 Å². The maximum Gasteiger partial charge on any atom is 0.0956 e. The Kier molecular flexibility index (Phi) is 1.42. The lowest BCUT2D eigenvalue weighted by molar-refractivity contribution is 0.288. The Balaban J connectivity index is 2.19. The molecule has 2 rings (SSSR count). The molecule has 1 aliphatic rings. The molecule has 0 saturated heterocycles. The lowest BCUT2D eigenvalue weighted by Gasteiger charge is -2.16. The Morgan fingerprint density at radius 1 is 1.73 bits per heavy atom. The van der Waals surface area contributed by atoms with Gasteiger partial charge in [-0.1, -0.05) is 0 Å². The Morgan fingerprint density at radius 3 is 3.18 bits per heavy atom. The van der Waals surface area contributed by atoms with Gasteiger partial charge in [0, 0.05) is 25.2 Å². The second-order valence-corrected chi connectivity index (χ2v) is 2.68. The highest BCUT2D eigenvalue weighted by molar-refractivity contribution is 5.60. The molecule has 0 bridgehead atoms. The molecule has 11 heavy (non-hydrogen) atoms. The third-order valence-electron chi connectivity index (χ3n) is 1.97. The van der Waals surface area contributed by atoms with E-state index in [1.54, 1.807) is 12.5 Å². The van der Waals surface area contributed by atoms with Gasteiger partial charge in [0.05, 0.1) is 18.6 Å². The average molecular weight is 150 g/mol. The van der Waals surface area contributed by atoms with Crippen molar-refractivity contribution in [3.63, 3.8) is 0 Å². The zero-order valence-corrected chi connectivity index (χ0v) is 6.40. The van der Waals surface area contributed by atoms with E-state index in [1.807, 2.05) is 24.3 Å². The van der Waals surface area contributed by atoms with E-state index < -0.39 is 0 Å². The molecule has 1 aliphatic heterocycles. The van der Waals surface area contributed by atoms with Crippen molar-refractivity contribution in [3.8, 4) is 0 Å². The lowest BCUT2D eigenvalue weighted by Crippen LogP contribution is -2.12.